The molecule has 0 fully saturated rings. The fourth-order valence-electron chi connectivity index (χ4n) is 0.937. The van der Waals surface area contributed by atoms with Gasteiger partial charge in [0.15, 0.2) is 0 Å². The third kappa shape index (κ3) is 2.82. The lowest BCUT2D eigenvalue weighted by molar-refractivity contribution is 0.0803. The Hall–Kier alpha value is -0.860. The van der Waals surface area contributed by atoms with Gasteiger partial charge in [-0.1, -0.05) is 0 Å². The molecule has 0 aliphatic heterocycles. The number of carbonyl (C=O) groups excluding carboxylic acids is 1. The zero-order valence-corrected chi connectivity index (χ0v) is 10.1. The lowest BCUT2D eigenvalue weighted by Gasteiger charge is -2.13. The van der Waals surface area contributed by atoms with E-state index in [2.05, 4.69) is 15.9 Å². The van der Waals surface area contributed by atoms with Crippen molar-refractivity contribution in [2.24, 2.45) is 0 Å². The summed E-state index contributed by atoms with van der Waals surface area (Å²) >= 11 is 4.70. The second-order valence-corrected chi connectivity index (χ2v) is 5.20. The summed E-state index contributed by atoms with van der Waals surface area (Å²) in [7, 11) is 1.70. The van der Waals surface area contributed by atoms with Gasteiger partial charge in [0.1, 0.15) is 0 Å². The Bertz CT molecular complexity index is 369. The Morgan fingerprint density at radius 3 is 2.93 bits per heavy atom. The third-order valence-electron chi connectivity index (χ3n) is 1.69. The van der Waals surface area contributed by atoms with E-state index in [9.17, 15) is 4.79 Å². The Morgan fingerprint density at radius 2 is 2.43 bits per heavy atom. The number of carbonyl (C=O) groups is 1. The summed E-state index contributed by atoms with van der Waals surface area (Å²) in [6.45, 7) is 0.477. The minimum absolute atomic E-state index is 0.0315. The van der Waals surface area contributed by atoms with Crippen molar-refractivity contribution in [1.29, 1.82) is 5.26 Å². The lowest BCUT2D eigenvalue weighted by atomic mass is 10.4. The van der Waals surface area contributed by atoms with Crippen LogP contribution in [-0.2, 0) is 0 Å². The topological polar surface area (TPSA) is 44.1 Å². The van der Waals surface area contributed by atoms with Crippen molar-refractivity contribution in [2.45, 2.75) is 6.42 Å². The zero-order valence-electron chi connectivity index (χ0n) is 7.66. The molecule has 0 aliphatic carbocycles. The molecule has 0 atom stereocenters. The molecule has 1 aromatic heterocycles. The molecular formula is C9H9BrN2OS. The SMILES string of the molecule is CN(CCC#N)C(=O)c1ccc(Br)s1. The van der Waals surface area contributed by atoms with Gasteiger partial charge in [-0.2, -0.15) is 5.26 Å². The number of hydrogen-bond acceptors (Lipinski definition) is 3. The van der Waals surface area contributed by atoms with Crippen LogP contribution in [0.15, 0.2) is 15.9 Å². The van der Waals surface area contributed by atoms with Crippen molar-refractivity contribution in [1.82, 2.24) is 4.90 Å². The van der Waals surface area contributed by atoms with E-state index in [1.54, 1.807) is 18.0 Å². The molecule has 0 unspecified atom stereocenters. The molecular weight excluding hydrogens is 264 g/mol. The molecule has 1 aromatic rings. The zero-order chi connectivity index (χ0) is 10.6. The summed E-state index contributed by atoms with van der Waals surface area (Å²) in [6, 6.07) is 5.63. The molecule has 0 aromatic carbocycles. The van der Waals surface area contributed by atoms with Crippen LogP contribution in [0.2, 0.25) is 0 Å². The fourth-order valence-corrected chi connectivity index (χ4v) is 2.32. The van der Waals surface area contributed by atoms with E-state index in [0.29, 0.717) is 17.8 Å². The van der Waals surface area contributed by atoms with Crippen molar-refractivity contribution >= 4 is 33.2 Å². The number of nitriles is 1. The van der Waals surface area contributed by atoms with E-state index >= 15 is 0 Å². The summed E-state index contributed by atoms with van der Waals surface area (Å²) in [5.41, 5.74) is 0. The number of rotatable bonds is 3. The maximum Gasteiger partial charge on any atom is 0.263 e. The van der Waals surface area contributed by atoms with Crippen LogP contribution in [0.5, 0.6) is 0 Å². The van der Waals surface area contributed by atoms with Gasteiger partial charge in [-0.05, 0) is 28.1 Å². The van der Waals surface area contributed by atoms with Crippen LogP contribution in [0.1, 0.15) is 16.1 Å². The van der Waals surface area contributed by atoms with Crippen molar-refractivity contribution in [3.8, 4) is 6.07 Å². The molecule has 0 saturated heterocycles. The highest BCUT2D eigenvalue weighted by molar-refractivity contribution is 9.11. The summed E-state index contributed by atoms with van der Waals surface area (Å²) in [4.78, 5) is 13.9. The lowest BCUT2D eigenvalue weighted by Crippen LogP contribution is -2.26. The van der Waals surface area contributed by atoms with Crippen LogP contribution in [0.25, 0.3) is 0 Å². The molecule has 0 spiro atoms. The molecule has 74 valence electrons. The Kier molecular flexibility index (Phi) is 4.11. The number of thiophene rings is 1. The van der Waals surface area contributed by atoms with E-state index in [1.807, 2.05) is 12.1 Å². The first-order valence-electron chi connectivity index (χ1n) is 4.03. The maximum absolute atomic E-state index is 11.7. The standard InChI is InChI=1S/C9H9BrN2OS/c1-12(6-2-5-11)9(13)7-3-4-8(10)14-7/h3-4H,2,6H2,1H3. The molecule has 3 nitrogen and oxygen atoms in total. The minimum Gasteiger partial charge on any atom is -0.340 e. The van der Waals surface area contributed by atoms with E-state index in [4.69, 9.17) is 5.26 Å². The van der Waals surface area contributed by atoms with Gasteiger partial charge in [0, 0.05) is 13.6 Å². The molecule has 1 heterocycles. The van der Waals surface area contributed by atoms with E-state index in [1.165, 1.54) is 11.3 Å². The summed E-state index contributed by atoms with van der Waals surface area (Å²) < 4.78 is 0.939. The minimum atomic E-state index is -0.0315. The smallest absolute Gasteiger partial charge is 0.263 e. The number of nitrogens with zero attached hydrogens (tertiary/aromatic N) is 2. The van der Waals surface area contributed by atoms with Crippen LogP contribution < -0.4 is 0 Å². The summed E-state index contributed by atoms with van der Waals surface area (Å²) in [6.07, 6.45) is 0.370. The second-order valence-electron chi connectivity index (χ2n) is 2.74. The first kappa shape index (κ1) is 11.2. The van der Waals surface area contributed by atoms with E-state index in [0.717, 1.165) is 3.79 Å². The molecule has 0 N–H and O–H groups in total. The summed E-state index contributed by atoms with van der Waals surface area (Å²) in [5, 5.41) is 8.38. The van der Waals surface area contributed by atoms with Crippen LogP contribution in [0.3, 0.4) is 0 Å². The second kappa shape index (κ2) is 5.13. The van der Waals surface area contributed by atoms with E-state index < -0.39 is 0 Å². The van der Waals surface area contributed by atoms with Gasteiger partial charge >= 0.3 is 0 Å². The van der Waals surface area contributed by atoms with Gasteiger partial charge in [-0.25, -0.2) is 0 Å². The molecule has 14 heavy (non-hydrogen) atoms. The molecule has 0 radical (unpaired) electrons. The van der Waals surface area contributed by atoms with Crippen molar-refractivity contribution in [3.05, 3.63) is 20.8 Å². The highest BCUT2D eigenvalue weighted by Crippen LogP contribution is 2.22. The molecule has 1 rings (SSSR count). The quantitative estimate of drug-likeness (QED) is 0.849. The predicted molar refractivity (Wildman–Crippen MR) is 59.2 cm³/mol. The van der Waals surface area contributed by atoms with Gasteiger partial charge in [-0.15, -0.1) is 11.3 Å². The fraction of sp³-hybridized carbons (Fsp3) is 0.333. The normalized spacial score (nSPS) is 9.50. The average molecular weight is 273 g/mol. The van der Waals surface area contributed by atoms with Crippen LogP contribution in [-0.4, -0.2) is 24.4 Å². The predicted octanol–water partition coefficient (Wildman–Crippen LogP) is 2.50. The molecule has 0 aliphatic rings. The van der Waals surface area contributed by atoms with Crippen LogP contribution in [0.4, 0.5) is 0 Å². The van der Waals surface area contributed by atoms with Gasteiger partial charge in [0.2, 0.25) is 0 Å². The molecule has 1 amide bonds. The Balaban J connectivity index is 2.62. The summed E-state index contributed by atoms with van der Waals surface area (Å²) in [5.74, 6) is -0.0315. The number of halogens is 1. The van der Waals surface area contributed by atoms with Gasteiger partial charge in [0.25, 0.3) is 5.91 Å². The average Bonchev–Trinajstić information content (AvgIpc) is 2.60. The monoisotopic (exact) mass is 272 g/mol. The number of hydrogen-bond donors (Lipinski definition) is 0. The van der Waals surface area contributed by atoms with Crippen LogP contribution in [0, 0.1) is 11.3 Å². The van der Waals surface area contributed by atoms with Gasteiger partial charge < -0.3 is 4.90 Å². The van der Waals surface area contributed by atoms with Crippen molar-refractivity contribution in [3.63, 3.8) is 0 Å². The maximum atomic E-state index is 11.7. The molecule has 5 heteroatoms. The molecule has 0 bridgehead atoms. The number of amides is 1. The van der Waals surface area contributed by atoms with Gasteiger partial charge in [0.05, 0.1) is 21.2 Å². The largest absolute Gasteiger partial charge is 0.340 e. The highest BCUT2D eigenvalue weighted by Gasteiger charge is 2.12. The first-order chi connectivity index (χ1) is 6.65. The van der Waals surface area contributed by atoms with Crippen molar-refractivity contribution < 1.29 is 4.79 Å². The Labute approximate surface area is 95.1 Å². The third-order valence-corrected chi connectivity index (χ3v) is 3.30. The van der Waals surface area contributed by atoms with Crippen LogP contribution >= 0.6 is 27.3 Å². The Morgan fingerprint density at radius 1 is 1.71 bits per heavy atom. The van der Waals surface area contributed by atoms with Gasteiger partial charge in [-0.3, -0.25) is 4.79 Å². The first-order valence-corrected chi connectivity index (χ1v) is 5.64. The highest BCUT2D eigenvalue weighted by atomic mass is 79.9. The molecule has 0 saturated carbocycles. The van der Waals surface area contributed by atoms with E-state index in [-0.39, 0.29) is 5.91 Å². The van der Waals surface area contributed by atoms with Crippen molar-refractivity contribution in [2.75, 3.05) is 13.6 Å².